The molecule has 0 radical (unpaired) electrons. The lowest BCUT2D eigenvalue weighted by Crippen LogP contribution is -2.29. The zero-order chi connectivity index (χ0) is 13.3. The van der Waals surface area contributed by atoms with E-state index in [0.29, 0.717) is 12.5 Å². The molecule has 1 fully saturated rings. The van der Waals surface area contributed by atoms with E-state index < -0.39 is 9.05 Å². The summed E-state index contributed by atoms with van der Waals surface area (Å²) in [6.07, 6.45) is 2.26. The fraction of sp³-hybridized carbons (Fsp3) is 0.417. The van der Waals surface area contributed by atoms with Crippen LogP contribution in [-0.4, -0.2) is 32.8 Å². The third kappa shape index (κ3) is 3.03. The Morgan fingerprint density at radius 3 is 2.56 bits per heavy atom. The molecule has 0 bridgehead atoms. The number of hydrogen-bond donors (Lipinski definition) is 0. The van der Waals surface area contributed by atoms with E-state index in [1.165, 1.54) is 12.1 Å². The number of carbonyl (C=O) groups excluding carboxylic acids is 1. The van der Waals surface area contributed by atoms with E-state index in [1.54, 1.807) is 24.1 Å². The van der Waals surface area contributed by atoms with Gasteiger partial charge in [-0.1, -0.05) is 12.1 Å². The van der Waals surface area contributed by atoms with E-state index in [1.807, 2.05) is 0 Å². The fourth-order valence-corrected chi connectivity index (χ4v) is 2.89. The van der Waals surface area contributed by atoms with Crippen LogP contribution in [0.5, 0.6) is 0 Å². The van der Waals surface area contributed by atoms with Gasteiger partial charge in [-0.25, -0.2) is 8.42 Å². The van der Waals surface area contributed by atoms with Gasteiger partial charge in [0.25, 0.3) is 15.0 Å². The van der Waals surface area contributed by atoms with Crippen molar-refractivity contribution in [1.29, 1.82) is 0 Å². The van der Waals surface area contributed by atoms with Gasteiger partial charge in [0.15, 0.2) is 0 Å². The number of carbonyl (C=O) groups is 1. The van der Waals surface area contributed by atoms with Crippen molar-refractivity contribution >= 4 is 25.6 Å². The smallest absolute Gasteiger partial charge is 0.262 e. The number of rotatable bonds is 4. The van der Waals surface area contributed by atoms with Gasteiger partial charge in [0.1, 0.15) is 0 Å². The van der Waals surface area contributed by atoms with Crippen LogP contribution in [0.3, 0.4) is 0 Å². The Bertz CT molecular complexity index is 566. The molecular weight excluding hydrogens is 274 g/mol. The van der Waals surface area contributed by atoms with Crippen molar-refractivity contribution < 1.29 is 13.2 Å². The lowest BCUT2D eigenvalue weighted by Gasteiger charge is -2.17. The van der Waals surface area contributed by atoms with Crippen molar-refractivity contribution in [3.05, 3.63) is 29.8 Å². The lowest BCUT2D eigenvalue weighted by molar-refractivity contribution is 0.0785. The molecule has 1 aromatic carbocycles. The number of amides is 1. The number of nitrogens with zero attached hydrogens (tertiary/aromatic N) is 1. The number of hydrogen-bond acceptors (Lipinski definition) is 3. The summed E-state index contributed by atoms with van der Waals surface area (Å²) in [4.78, 5) is 13.6. The summed E-state index contributed by atoms with van der Waals surface area (Å²) in [5.74, 6) is 0.250. The molecule has 0 atom stereocenters. The monoisotopic (exact) mass is 287 g/mol. The average Bonchev–Trinajstić information content (AvgIpc) is 3.11. The van der Waals surface area contributed by atoms with Crippen LogP contribution in [0.15, 0.2) is 29.2 Å². The van der Waals surface area contributed by atoms with Crippen LogP contribution < -0.4 is 0 Å². The van der Waals surface area contributed by atoms with Crippen LogP contribution in [0.2, 0.25) is 0 Å². The first kappa shape index (κ1) is 13.4. The first-order valence-electron chi connectivity index (χ1n) is 5.69. The topological polar surface area (TPSA) is 54.5 Å². The molecule has 2 rings (SSSR count). The Morgan fingerprint density at radius 1 is 1.39 bits per heavy atom. The molecule has 0 unspecified atom stereocenters. The molecule has 1 amide bonds. The van der Waals surface area contributed by atoms with Crippen LogP contribution in [0.4, 0.5) is 0 Å². The molecule has 1 saturated carbocycles. The molecule has 4 nitrogen and oxygen atoms in total. The van der Waals surface area contributed by atoms with Crippen LogP contribution in [0.1, 0.15) is 23.2 Å². The molecule has 0 aromatic heterocycles. The highest BCUT2D eigenvalue weighted by atomic mass is 35.7. The zero-order valence-electron chi connectivity index (χ0n) is 9.97. The molecule has 18 heavy (non-hydrogen) atoms. The van der Waals surface area contributed by atoms with Gasteiger partial charge in [-0.05, 0) is 30.9 Å². The summed E-state index contributed by atoms with van der Waals surface area (Å²) in [7, 11) is 3.11. The van der Waals surface area contributed by atoms with Gasteiger partial charge in [0.2, 0.25) is 0 Å². The first-order valence-corrected chi connectivity index (χ1v) is 7.99. The molecule has 1 aliphatic carbocycles. The second kappa shape index (κ2) is 4.90. The molecule has 0 heterocycles. The molecular formula is C12H14ClNO3S. The second-order valence-corrected chi connectivity index (χ2v) is 7.10. The van der Waals surface area contributed by atoms with Gasteiger partial charge in [0.05, 0.1) is 10.5 Å². The maximum atomic E-state index is 12.2. The van der Waals surface area contributed by atoms with Crippen LogP contribution in [-0.2, 0) is 9.05 Å². The third-order valence-corrected chi connectivity index (χ3v) is 4.34. The Kier molecular flexibility index (Phi) is 3.64. The molecule has 1 aliphatic rings. The Hall–Kier alpha value is -1.07. The van der Waals surface area contributed by atoms with Gasteiger partial charge in [-0.15, -0.1) is 0 Å². The van der Waals surface area contributed by atoms with Crippen LogP contribution >= 0.6 is 10.7 Å². The zero-order valence-corrected chi connectivity index (χ0v) is 11.5. The highest BCUT2D eigenvalue weighted by molar-refractivity contribution is 8.13. The van der Waals surface area contributed by atoms with Crippen molar-refractivity contribution in [2.24, 2.45) is 5.92 Å². The molecule has 0 saturated heterocycles. The summed E-state index contributed by atoms with van der Waals surface area (Å²) in [5.41, 5.74) is 0.135. The molecule has 0 spiro atoms. The largest absolute Gasteiger partial charge is 0.341 e. The van der Waals surface area contributed by atoms with Crippen molar-refractivity contribution in [2.45, 2.75) is 17.7 Å². The Labute approximate surface area is 111 Å². The van der Waals surface area contributed by atoms with Crippen molar-refractivity contribution in [2.75, 3.05) is 13.6 Å². The van der Waals surface area contributed by atoms with Gasteiger partial charge < -0.3 is 4.90 Å². The highest BCUT2D eigenvalue weighted by Gasteiger charge is 2.27. The quantitative estimate of drug-likeness (QED) is 0.797. The van der Waals surface area contributed by atoms with Crippen LogP contribution in [0, 0.1) is 5.92 Å². The van der Waals surface area contributed by atoms with E-state index in [0.717, 1.165) is 12.8 Å². The molecule has 6 heteroatoms. The van der Waals surface area contributed by atoms with Gasteiger partial charge in [0, 0.05) is 24.3 Å². The van der Waals surface area contributed by atoms with Gasteiger partial charge in [-0.2, -0.15) is 0 Å². The van der Waals surface area contributed by atoms with E-state index in [9.17, 15) is 13.2 Å². The van der Waals surface area contributed by atoms with E-state index >= 15 is 0 Å². The minimum atomic E-state index is -3.90. The van der Waals surface area contributed by atoms with Gasteiger partial charge in [-0.3, -0.25) is 4.79 Å². The van der Waals surface area contributed by atoms with Crippen molar-refractivity contribution in [1.82, 2.24) is 4.90 Å². The molecule has 0 N–H and O–H groups in total. The maximum Gasteiger partial charge on any atom is 0.262 e. The summed E-state index contributed by atoms with van der Waals surface area (Å²) >= 11 is 0. The van der Waals surface area contributed by atoms with Gasteiger partial charge >= 0.3 is 0 Å². The molecule has 98 valence electrons. The summed E-state index contributed by atoms with van der Waals surface area (Å²) in [6, 6.07) is 6.01. The minimum absolute atomic E-state index is 0.126. The minimum Gasteiger partial charge on any atom is -0.341 e. The summed E-state index contributed by atoms with van der Waals surface area (Å²) < 4.78 is 22.8. The third-order valence-electron chi connectivity index (χ3n) is 2.96. The summed E-state index contributed by atoms with van der Waals surface area (Å²) in [6.45, 7) is 0.662. The maximum absolute atomic E-state index is 12.2. The van der Waals surface area contributed by atoms with E-state index in [2.05, 4.69) is 0 Å². The summed E-state index contributed by atoms with van der Waals surface area (Å²) in [5, 5.41) is 0. The Morgan fingerprint density at radius 2 is 2.00 bits per heavy atom. The lowest BCUT2D eigenvalue weighted by atomic mass is 10.2. The van der Waals surface area contributed by atoms with E-state index in [4.69, 9.17) is 10.7 Å². The predicted octanol–water partition coefficient (Wildman–Crippen LogP) is 2.10. The van der Waals surface area contributed by atoms with Crippen molar-refractivity contribution in [3.8, 4) is 0 Å². The van der Waals surface area contributed by atoms with E-state index in [-0.39, 0.29) is 16.4 Å². The normalized spacial score (nSPS) is 15.4. The number of benzene rings is 1. The standard InChI is InChI=1S/C12H14ClNO3S/c1-14(8-9-6-7-9)12(15)10-4-2-3-5-11(10)18(13,16)17/h2-5,9H,6-8H2,1H3. The molecule has 0 aliphatic heterocycles. The average molecular weight is 288 g/mol. The SMILES string of the molecule is CN(CC1CC1)C(=O)c1ccccc1S(=O)(=O)Cl. The second-order valence-electron chi connectivity index (χ2n) is 4.56. The first-order chi connectivity index (χ1) is 8.39. The van der Waals surface area contributed by atoms with Crippen molar-refractivity contribution in [3.63, 3.8) is 0 Å². The fourth-order valence-electron chi connectivity index (χ4n) is 1.83. The highest BCUT2D eigenvalue weighted by Crippen LogP contribution is 2.30. The Balaban J connectivity index is 2.29. The molecule has 1 aromatic rings. The van der Waals surface area contributed by atoms with Crippen LogP contribution in [0.25, 0.3) is 0 Å². The predicted molar refractivity (Wildman–Crippen MR) is 69.2 cm³/mol. The number of halogens is 1.